The van der Waals surface area contributed by atoms with Crippen molar-refractivity contribution >= 4 is 13.8 Å². The van der Waals surface area contributed by atoms with Gasteiger partial charge in [0.25, 0.3) is 0 Å². The molecule has 6 atom stereocenters. The molecule has 1 saturated carbocycles. The quantitative estimate of drug-likeness (QED) is 0.0150. The lowest BCUT2D eigenvalue weighted by molar-refractivity contribution is -0.220. The van der Waals surface area contributed by atoms with Gasteiger partial charge in [-0.1, -0.05) is 145 Å². The molecule has 60 heavy (non-hydrogen) atoms. The minimum atomic E-state index is -5.03. The van der Waals surface area contributed by atoms with Gasteiger partial charge in [-0.05, 0) is 77.0 Å². The van der Waals surface area contributed by atoms with Gasteiger partial charge in [0.05, 0.1) is 13.2 Å². The number of phosphoric ester groups is 1. The first-order chi connectivity index (χ1) is 29.0. The van der Waals surface area contributed by atoms with Crippen LogP contribution in [0, 0.1) is 0 Å². The molecule has 0 bridgehead atoms. The SMILES string of the molecule is CC/C=C\C/C=C\C/C=C\C/C=C\C/C=C\CCCCCCCCOCC(COP(=O)(O)OC1C(O)C(O)C(O)C(O)C1O)OC(=O)CCCCCCC/C=C\CCCC. The monoisotopic (exact) mass is 869 g/mol. The van der Waals surface area contributed by atoms with E-state index in [1.165, 1.54) is 12.8 Å². The maximum absolute atomic E-state index is 12.8. The van der Waals surface area contributed by atoms with Gasteiger partial charge in [-0.3, -0.25) is 13.8 Å². The highest BCUT2D eigenvalue weighted by atomic mass is 31.2. The van der Waals surface area contributed by atoms with Crippen LogP contribution in [0.15, 0.2) is 72.9 Å². The molecule has 0 spiro atoms. The molecule has 13 heteroatoms. The Morgan fingerprint density at radius 2 is 0.983 bits per heavy atom. The fraction of sp³-hybridized carbons (Fsp3) is 0.723. The summed E-state index contributed by atoms with van der Waals surface area (Å²) in [6.07, 6.45) is 35.5. The number of ether oxygens (including phenoxy) is 2. The van der Waals surface area contributed by atoms with Crippen LogP contribution in [0.5, 0.6) is 0 Å². The topological polar surface area (TPSA) is 192 Å². The summed E-state index contributed by atoms with van der Waals surface area (Å²) in [5.74, 6) is -0.498. The smallest absolute Gasteiger partial charge is 0.457 e. The first-order valence-corrected chi connectivity index (χ1v) is 24.3. The summed E-state index contributed by atoms with van der Waals surface area (Å²) in [5.41, 5.74) is 0. The van der Waals surface area contributed by atoms with E-state index >= 15 is 0 Å². The van der Waals surface area contributed by atoms with Gasteiger partial charge in [0, 0.05) is 13.0 Å². The van der Waals surface area contributed by atoms with E-state index < -0.39 is 63.1 Å². The molecule has 0 aromatic rings. The Labute approximate surface area is 361 Å². The molecule has 346 valence electrons. The summed E-state index contributed by atoms with van der Waals surface area (Å²) >= 11 is 0. The van der Waals surface area contributed by atoms with Gasteiger partial charge in [0.1, 0.15) is 42.7 Å². The third kappa shape index (κ3) is 29.1. The summed E-state index contributed by atoms with van der Waals surface area (Å²) in [7, 11) is -5.03. The maximum atomic E-state index is 12.8. The van der Waals surface area contributed by atoms with Crippen LogP contribution >= 0.6 is 7.82 Å². The highest BCUT2D eigenvalue weighted by Gasteiger charge is 2.51. The Balaban J connectivity index is 2.38. The standard InChI is InChI=1S/C47H81O12P/c1-3-5-7-9-11-13-15-16-17-18-19-20-21-22-23-24-25-27-29-31-33-35-37-56-38-40(58-41(48)36-34-32-30-28-26-14-12-10-8-6-4-2)39-57-60(54,55)59-47-45(52)43(50)42(49)44(51)46(47)53/h5,7,10-13,16-17,19-20,22-23,40,42-47,49-53H,3-4,6,8-9,14-15,18,21,24-39H2,1-2H3,(H,54,55)/b7-5-,12-10-,13-11-,17-16-,20-19-,23-22-. The Kier molecular flexibility index (Phi) is 34.7. The maximum Gasteiger partial charge on any atom is 0.472 e. The van der Waals surface area contributed by atoms with E-state index in [4.69, 9.17) is 18.5 Å². The molecule has 0 aromatic carbocycles. The molecule has 0 aliphatic heterocycles. The van der Waals surface area contributed by atoms with E-state index in [0.29, 0.717) is 13.0 Å². The van der Waals surface area contributed by atoms with Gasteiger partial charge in [-0.25, -0.2) is 4.57 Å². The Morgan fingerprint density at radius 1 is 0.550 bits per heavy atom. The molecule has 1 fully saturated rings. The molecule has 1 aliphatic rings. The third-order valence-electron chi connectivity index (χ3n) is 10.1. The van der Waals surface area contributed by atoms with Crippen LogP contribution in [-0.4, -0.2) is 98.9 Å². The number of allylic oxidation sites excluding steroid dienone is 12. The number of aliphatic hydroxyl groups is 5. The zero-order chi connectivity index (χ0) is 44.1. The number of hydrogen-bond donors (Lipinski definition) is 6. The fourth-order valence-corrected chi connectivity index (χ4v) is 7.39. The molecule has 0 saturated heterocycles. The van der Waals surface area contributed by atoms with Gasteiger partial charge in [0.2, 0.25) is 0 Å². The van der Waals surface area contributed by atoms with Gasteiger partial charge in [-0.15, -0.1) is 0 Å². The molecule has 0 amide bonds. The highest BCUT2D eigenvalue weighted by Crippen LogP contribution is 2.47. The average molecular weight is 869 g/mol. The molecule has 6 N–H and O–H groups in total. The van der Waals surface area contributed by atoms with E-state index in [-0.39, 0.29) is 13.0 Å². The average Bonchev–Trinajstić information content (AvgIpc) is 3.23. The molecule has 0 aromatic heterocycles. The van der Waals surface area contributed by atoms with Gasteiger partial charge < -0.3 is 39.9 Å². The van der Waals surface area contributed by atoms with Crippen molar-refractivity contribution in [2.45, 2.75) is 198 Å². The lowest BCUT2D eigenvalue weighted by atomic mass is 9.85. The van der Waals surface area contributed by atoms with Crippen molar-refractivity contribution in [1.29, 1.82) is 0 Å². The van der Waals surface area contributed by atoms with Crippen LogP contribution in [-0.2, 0) is 27.9 Å². The predicted octanol–water partition coefficient (Wildman–Crippen LogP) is 9.19. The largest absolute Gasteiger partial charge is 0.472 e. The minimum Gasteiger partial charge on any atom is -0.457 e. The van der Waals surface area contributed by atoms with Crippen molar-refractivity contribution in [2.24, 2.45) is 0 Å². The van der Waals surface area contributed by atoms with Crippen LogP contribution in [0.3, 0.4) is 0 Å². The highest BCUT2D eigenvalue weighted by molar-refractivity contribution is 7.47. The van der Waals surface area contributed by atoms with Crippen molar-refractivity contribution in [3.63, 3.8) is 0 Å². The molecule has 6 unspecified atom stereocenters. The molecule has 12 nitrogen and oxygen atoms in total. The number of hydrogen-bond acceptors (Lipinski definition) is 11. The number of esters is 1. The lowest BCUT2D eigenvalue weighted by Gasteiger charge is -2.41. The molecule has 0 heterocycles. The Bertz CT molecular complexity index is 1260. The van der Waals surface area contributed by atoms with Crippen molar-refractivity contribution in [2.75, 3.05) is 19.8 Å². The third-order valence-corrected chi connectivity index (χ3v) is 11.0. The first kappa shape index (κ1) is 55.8. The first-order valence-electron chi connectivity index (χ1n) is 22.8. The molecule has 1 aliphatic carbocycles. The number of phosphoric acid groups is 1. The summed E-state index contributed by atoms with van der Waals surface area (Å²) in [5, 5.41) is 50.1. The summed E-state index contributed by atoms with van der Waals surface area (Å²) in [6.45, 7) is 4.04. The van der Waals surface area contributed by atoms with Crippen LogP contribution < -0.4 is 0 Å². The van der Waals surface area contributed by atoms with E-state index in [1.807, 2.05) is 0 Å². The summed E-state index contributed by atoms with van der Waals surface area (Å²) in [6, 6.07) is 0. The van der Waals surface area contributed by atoms with Crippen LogP contribution in [0.2, 0.25) is 0 Å². The number of carbonyl (C=O) groups excluding carboxylic acids is 1. The second-order valence-electron chi connectivity index (χ2n) is 15.5. The molecular formula is C47H81O12P. The van der Waals surface area contributed by atoms with Crippen molar-refractivity contribution < 1.29 is 58.3 Å². The number of unbranched alkanes of at least 4 members (excludes halogenated alkanes) is 13. The predicted molar refractivity (Wildman–Crippen MR) is 239 cm³/mol. The van der Waals surface area contributed by atoms with Gasteiger partial charge >= 0.3 is 13.8 Å². The zero-order valence-electron chi connectivity index (χ0n) is 36.7. The van der Waals surface area contributed by atoms with Crippen LogP contribution in [0.4, 0.5) is 0 Å². The molecule has 0 radical (unpaired) electrons. The van der Waals surface area contributed by atoms with Crippen molar-refractivity contribution in [1.82, 2.24) is 0 Å². The van der Waals surface area contributed by atoms with Crippen LogP contribution in [0.1, 0.15) is 155 Å². The fourth-order valence-electron chi connectivity index (χ4n) is 6.42. The number of aliphatic hydroxyl groups excluding tert-OH is 5. The number of rotatable bonds is 37. The van der Waals surface area contributed by atoms with Gasteiger partial charge in [0.15, 0.2) is 0 Å². The lowest BCUT2D eigenvalue weighted by Crippen LogP contribution is -2.64. The van der Waals surface area contributed by atoms with E-state index in [9.17, 15) is 39.8 Å². The molecular weight excluding hydrogens is 787 g/mol. The number of carbonyl (C=O) groups is 1. The zero-order valence-corrected chi connectivity index (χ0v) is 37.6. The van der Waals surface area contributed by atoms with Gasteiger partial charge in [-0.2, -0.15) is 0 Å². The van der Waals surface area contributed by atoms with Crippen LogP contribution in [0.25, 0.3) is 0 Å². The summed E-state index contributed by atoms with van der Waals surface area (Å²) < 4.78 is 34.1. The second-order valence-corrected chi connectivity index (χ2v) is 16.9. The van der Waals surface area contributed by atoms with E-state index in [1.54, 1.807) is 0 Å². The normalized spacial score (nSPS) is 23.0. The molecule has 1 rings (SSSR count). The summed E-state index contributed by atoms with van der Waals surface area (Å²) in [4.78, 5) is 23.1. The Morgan fingerprint density at radius 3 is 1.52 bits per heavy atom. The van der Waals surface area contributed by atoms with E-state index in [0.717, 1.165) is 116 Å². The van der Waals surface area contributed by atoms with E-state index in [2.05, 4.69) is 86.8 Å². The minimum absolute atomic E-state index is 0.0942. The Hall–Kier alpha value is -2.22. The second kappa shape index (κ2) is 37.3. The van der Waals surface area contributed by atoms with Crippen molar-refractivity contribution in [3.8, 4) is 0 Å². The van der Waals surface area contributed by atoms with Crippen molar-refractivity contribution in [3.05, 3.63) is 72.9 Å².